The van der Waals surface area contributed by atoms with E-state index in [1.807, 2.05) is 6.07 Å². The van der Waals surface area contributed by atoms with Crippen LogP contribution in [0.25, 0.3) is 10.9 Å². The van der Waals surface area contributed by atoms with Crippen molar-refractivity contribution in [3.05, 3.63) is 29.5 Å². The Hall–Kier alpha value is -2.05. The number of amides is 1. The quantitative estimate of drug-likeness (QED) is 0.832. The minimum absolute atomic E-state index is 0.00542. The molecular weight excluding hydrogens is 366 g/mol. The summed E-state index contributed by atoms with van der Waals surface area (Å²) in [5.74, 6) is 1.82. The predicted octanol–water partition coefficient (Wildman–Crippen LogP) is 2.48. The number of rotatable bonds is 4. The number of hydrogen-bond donors (Lipinski definition) is 2. The molecule has 1 saturated carbocycles. The fourth-order valence-electron chi connectivity index (χ4n) is 5.49. The van der Waals surface area contributed by atoms with E-state index in [0.29, 0.717) is 11.8 Å². The summed E-state index contributed by atoms with van der Waals surface area (Å²) in [5.41, 5.74) is 3.69. The maximum absolute atomic E-state index is 12.6. The second-order valence-corrected chi connectivity index (χ2v) is 9.13. The molecule has 29 heavy (non-hydrogen) atoms. The van der Waals surface area contributed by atoms with Crippen LogP contribution in [0.3, 0.4) is 0 Å². The van der Waals surface area contributed by atoms with Crippen LogP contribution in [-0.2, 0) is 17.3 Å². The average molecular weight is 398 g/mol. The van der Waals surface area contributed by atoms with Gasteiger partial charge in [-0.25, -0.2) is 0 Å². The van der Waals surface area contributed by atoms with E-state index in [0.717, 1.165) is 50.2 Å². The van der Waals surface area contributed by atoms with Gasteiger partial charge in [0.2, 0.25) is 5.91 Å². The van der Waals surface area contributed by atoms with Crippen LogP contribution < -0.4 is 10.1 Å². The molecular formula is C23H31N3O3. The SMILES string of the molecule is COc1ccc2c3c(n(C)c2c1)[C@@H](CO)NCC31CCN(C(=O)CC2CC2)CC1. The Morgan fingerprint density at radius 2 is 2.07 bits per heavy atom. The van der Waals surface area contributed by atoms with Crippen LogP contribution in [0.15, 0.2) is 18.2 Å². The van der Waals surface area contributed by atoms with Crippen molar-refractivity contribution < 1.29 is 14.6 Å². The van der Waals surface area contributed by atoms with E-state index in [1.54, 1.807) is 7.11 Å². The molecule has 2 aromatic rings. The van der Waals surface area contributed by atoms with Crippen molar-refractivity contribution in [2.24, 2.45) is 13.0 Å². The Kier molecular flexibility index (Phi) is 4.59. The van der Waals surface area contributed by atoms with Gasteiger partial charge < -0.3 is 24.6 Å². The third-order valence-electron chi connectivity index (χ3n) is 7.42. The largest absolute Gasteiger partial charge is 0.497 e. The van der Waals surface area contributed by atoms with Crippen LogP contribution in [-0.4, -0.2) is 53.8 Å². The number of aryl methyl sites for hydroxylation is 1. The van der Waals surface area contributed by atoms with E-state index in [4.69, 9.17) is 4.74 Å². The van der Waals surface area contributed by atoms with Crippen LogP contribution in [0.2, 0.25) is 0 Å². The fourth-order valence-corrected chi connectivity index (χ4v) is 5.49. The van der Waals surface area contributed by atoms with Crippen LogP contribution in [0.1, 0.15) is 49.4 Å². The Labute approximate surface area is 171 Å². The van der Waals surface area contributed by atoms with Crippen molar-refractivity contribution in [2.75, 3.05) is 33.4 Å². The molecule has 3 aliphatic rings. The van der Waals surface area contributed by atoms with Gasteiger partial charge in [-0.2, -0.15) is 0 Å². The second kappa shape index (κ2) is 7.03. The van der Waals surface area contributed by atoms with Gasteiger partial charge in [0.15, 0.2) is 0 Å². The molecule has 6 nitrogen and oxygen atoms in total. The highest BCUT2D eigenvalue weighted by molar-refractivity contribution is 5.88. The molecule has 1 atom stereocenters. The average Bonchev–Trinajstić information content (AvgIpc) is 3.52. The minimum Gasteiger partial charge on any atom is -0.497 e. The standard InChI is InChI=1S/C23H31N3O3/c1-25-19-12-16(29-2)5-6-17(19)21-22(25)18(13-27)24-14-23(21)7-9-26(10-8-23)20(28)11-15-3-4-15/h5-6,12,15,18,24,27H,3-4,7-11,13-14H2,1-2H3/t18-/m1/s1. The summed E-state index contributed by atoms with van der Waals surface area (Å²) in [6.45, 7) is 2.57. The molecule has 0 bridgehead atoms. The van der Waals surface area contributed by atoms with E-state index >= 15 is 0 Å². The molecule has 0 unspecified atom stereocenters. The van der Waals surface area contributed by atoms with Crippen LogP contribution in [0.5, 0.6) is 5.75 Å². The zero-order valence-corrected chi connectivity index (χ0v) is 17.4. The number of aliphatic hydroxyl groups is 1. The number of hydrogen-bond acceptors (Lipinski definition) is 4. The lowest BCUT2D eigenvalue weighted by Crippen LogP contribution is -2.53. The zero-order valence-electron chi connectivity index (χ0n) is 17.4. The topological polar surface area (TPSA) is 66.7 Å². The van der Waals surface area contributed by atoms with E-state index < -0.39 is 0 Å². The summed E-state index contributed by atoms with van der Waals surface area (Å²) in [6, 6.07) is 6.22. The molecule has 2 N–H and O–H groups in total. The molecule has 1 aromatic carbocycles. The molecule has 1 aromatic heterocycles. The summed E-state index contributed by atoms with van der Waals surface area (Å²) in [4.78, 5) is 14.7. The molecule has 2 fully saturated rings. The number of ether oxygens (including phenoxy) is 1. The fraction of sp³-hybridized carbons (Fsp3) is 0.609. The molecule has 6 heteroatoms. The summed E-state index contributed by atoms with van der Waals surface area (Å²) >= 11 is 0. The Morgan fingerprint density at radius 1 is 1.31 bits per heavy atom. The summed E-state index contributed by atoms with van der Waals surface area (Å²) in [6.07, 6.45) is 5.11. The Balaban J connectivity index is 1.52. The molecule has 2 aliphatic heterocycles. The van der Waals surface area contributed by atoms with Crippen molar-refractivity contribution in [1.29, 1.82) is 0 Å². The smallest absolute Gasteiger partial charge is 0.222 e. The summed E-state index contributed by atoms with van der Waals surface area (Å²) in [7, 11) is 3.77. The number of benzene rings is 1. The first kappa shape index (κ1) is 18.9. The first-order valence-corrected chi connectivity index (χ1v) is 10.8. The van der Waals surface area contributed by atoms with Crippen molar-refractivity contribution in [3.63, 3.8) is 0 Å². The molecule has 1 saturated heterocycles. The van der Waals surface area contributed by atoms with Gasteiger partial charge in [-0.3, -0.25) is 4.79 Å². The molecule has 3 heterocycles. The molecule has 0 radical (unpaired) electrons. The van der Waals surface area contributed by atoms with Gasteiger partial charge >= 0.3 is 0 Å². The zero-order chi connectivity index (χ0) is 20.2. The highest BCUT2D eigenvalue weighted by Crippen LogP contribution is 2.47. The van der Waals surface area contributed by atoms with Crippen LogP contribution in [0, 0.1) is 5.92 Å². The van der Waals surface area contributed by atoms with Crippen molar-refractivity contribution in [3.8, 4) is 5.75 Å². The lowest BCUT2D eigenvalue weighted by atomic mass is 9.69. The summed E-state index contributed by atoms with van der Waals surface area (Å²) < 4.78 is 7.67. The van der Waals surface area contributed by atoms with E-state index in [1.165, 1.54) is 29.5 Å². The van der Waals surface area contributed by atoms with Crippen molar-refractivity contribution in [1.82, 2.24) is 14.8 Å². The number of nitrogens with zero attached hydrogens (tertiary/aromatic N) is 2. The van der Waals surface area contributed by atoms with Gasteiger partial charge in [-0.15, -0.1) is 0 Å². The lowest BCUT2D eigenvalue weighted by Gasteiger charge is -2.46. The van der Waals surface area contributed by atoms with Gasteiger partial charge in [-0.1, -0.05) is 0 Å². The van der Waals surface area contributed by atoms with Gasteiger partial charge in [0.05, 0.1) is 25.3 Å². The normalized spacial score (nSPS) is 23.4. The van der Waals surface area contributed by atoms with Gasteiger partial charge in [0.1, 0.15) is 5.75 Å². The minimum atomic E-state index is -0.0615. The van der Waals surface area contributed by atoms with Crippen LogP contribution in [0.4, 0.5) is 0 Å². The number of aromatic nitrogens is 1. The van der Waals surface area contributed by atoms with E-state index in [9.17, 15) is 9.90 Å². The number of aliphatic hydroxyl groups excluding tert-OH is 1. The Morgan fingerprint density at radius 3 is 2.72 bits per heavy atom. The van der Waals surface area contributed by atoms with Gasteiger partial charge in [-0.05, 0) is 49.3 Å². The van der Waals surface area contributed by atoms with Gasteiger partial charge in [0, 0.05) is 55.7 Å². The number of fused-ring (bicyclic) bond motifs is 4. The monoisotopic (exact) mass is 397 g/mol. The second-order valence-electron chi connectivity index (χ2n) is 9.13. The number of carbonyl (C=O) groups excluding carboxylic acids is 1. The first-order valence-electron chi connectivity index (χ1n) is 10.8. The number of carbonyl (C=O) groups is 1. The first-order chi connectivity index (χ1) is 14.1. The van der Waals surface area contributed by atoms with Crippen molar-refractivity contribution >= 4 is 16.8 Å². The third-order valence-corrected chi connectivity index (χ3v) is 7.42. The third kappa shape index (κ3) is 3.04. The molecule has 1 spiro atoms. The highest BCUT2D eigenvalue weighted by Gasteiger charge is 2.45. The maximum Gasteiger partial charge on any atom is 0.222 e. The molecule has 156 valence electrons. The number of nitrogens with one attached hydrogen (secondary N) is 1. The molecule has 1 amide bonds. The molecule has 5 rings (SSSR count). The predicted molar refractivity (Wildman–Crippen MR) is 112 cm³/mol. The van der Waals surface area contributed by atoms with Crippen molar-refractivity contribution in [2.45, 2.75) is 43.6 Å². The van der Waals surface area contributed by atoms with E-state index in [2.05, 4.69) is 34.0 Å². The lowest BCUT2D eigenvalue weighted by molar-refractivity contribution is -0.133. The van der Waals surface area contributed by atoms with Gasteiger partial charge in [0.25, 0.3) is 0 Å². The van der Waals surface area contributed by atoms with Crippen LogP contribution >= 0.6 is 0 Å². The maximum atomic E-state index is 12.6. The number of methoxy groups -OCH3 is 1. The number of piperidine rings is 1. The van der Waals surface area contributed by atoms with E-state index in [-0.39, 0.29) is 18.1 Å². The summed E-state index contributed by atoms with van der Waals surface area (Å²) in [5, 5.41) is 14.9. The number of likely N-dealkylation sites (tertiary alicyclic amines) is 1. The highest BCUT2D eigenvalue weighted by atomic mass is 16.5. The Bertz CT molecular complexity index is 938. The molecule has 1 aliphatic carbocycles.